The Kier molecular flexibility index (Phi) is 6.14. The van der Waals surface area contributed by atoms with E-state index in [-0.39, 0.29) is 30.1 Å². The van der Waals surface area contributed by atoms with Crippen molar-refractivity contribution >= 4 is 11.9 Å². The highest BCUT2D eigenvalue weighted by Gasteiger charge is 2.30. The van der Waals surface area contributed by atoms with Crippen molar-refractivity contribution in [1.82, 2.24) is 4.98 Å². The molecule has 3 rings (SSSR count). The Bertz CT molecular complexity index is 1010. The number of carbonyl (C=O) groups is 2. The van der Waals surface area contributed by atoms with E-state index in [1.807, 2.05) is 0 Å². The lowest BCUT2D eigenvalue weighted by atomic mass is 9.87. The Morgan fingerprint density at radius 3 is 2.67 bits per heavy atom. The first-order chi connectivity index (χ1) is 14.4. The van der Waals surface area contributed by atoms with Crippen LogP contribution in [0.1, 0.15) is 40.7 Å². The highest BCUT2D eigenvalue weighted by Crippen LogP contribution is 2.44. The third-order valence-corrected chi connectivity index (χ3v) is 4.58. The minimum absolute atomic E-state index is 0.0602. The smallest absolute Gasteiger partial charge is 0.343 e. The summed E-state index contributed by atoms with van der Waals surface area (Å²) in [4.78, 5) is 38.6. The van der Waals surface area contributed by atoms with Crippen molar-refractivity contribution < 1.29 is 38.7 Å². The summed E-state index contributed by atoms with van der Waals surface area (Å²) in [6.45, 7) is 2.26. The van der Waals surface area contributed by atoms with Gasteiger partial charge in [0.25, 0.3) is 5.56 Å². The largest absolute Gasteiger partial charge is 0.506 e. The van der Waals surface area contributed by atoms with Gasteiger partial charge in [-0.25, -0.2) is 4.79 Å². The van der Waals surface area contributed by atoms with Gasteiger partial charge in [0.2, 0.25) is 5.75 Å². The SMILES string of the molecule is CCOC(=O)c1c[nH]c(=O)c([C@H](CC(=O)O)c2cc(OC)c3c(c2)OCCO3)c1O. The first-order valence-corrected chi connectivity index (χ1v) is 9.18. The van der Waals surface area contributed by atoms with Crippen LogP contribution >= 0.6 is 0 Å². The molecule has 1 aliphatic heterocycles. The molecule has 2 aromatic rings. The van der Waals surface area contributed by atoms with Crippen LogP contribution in [0.5, 0.6) is 23.0 Å². The first kappa shape index (κ1) is 21.0. The molecule has 0 spiro atoms. The third kappa shape index (κ3) is 4.02. The molecule has 0 fully saturated rings. The first-order valence-electron chi connectivity index (χ1n) is 9.18. The van der Waals surface area contributed by atoms with Gasteiger partial charge in [-0.3, -0.25) is 9.59 Å². The number of aromatic hydroxyl groups is 1. The Balaban J connectivity index is 2.19. The molecule has 0 radical (unpaired) electrons. The second-order valence-electron chi connectivity index (χ2n) is 6.41. The Morgan fingerprint density at radius 1 is 1.27 bits per heavy atom. The van der Waals surface area contributed by atoms with E-state index in [4.69, 9.17) is 18.9 Å². The van der Waals surface area contributed by atoms with Crippen molar-refractivity contribution in [3.8, 4) is 23.0 Å². The number of aromatic nitrogens is 1. The van der Waals surface area contributed by atoms with Gasteiger partial charge >= 0.3 is 11.9 Å². The monoisotopic (exact) mass is 419 g/mol. The highest BCUT2D eigenvalue weighted by molar-refractivity contribution is 5.92. The van der Waals surface area contributed by atoms with E-state index in [9.17, 15) is 24.6 Å². The van der Waals surface area contributed by atoms with Gasteiger partial charge in [0, 0.05) is 12.1 Å². The summed E-state index contributed by atoms with van der Waals surface area (Å²) < 4.78 is 21.3. The second-order valence-corrected chi connectivity index (χ2v) is 6.41. The fourth-order valence-corrected chi connectivity index (χ4v) is 3.28. The molecular formula is C20H21NO9. The molecule has 3 N–H and O–H groups in total. The summed E-state index contributed by atoms with van der Waals surface area (Å²) in [7, 11) is 1.41. The summed E-state index contributed by atoms with van der Waals surface area (Å²) in [6, 6.07) is 3.04. The molecule has 0 unspecified atom stereocenters. The molecule has 30 heavy (non-hydrogen) atoms. The molecule has 2 heterocycles. The summed E-state index contributed by atoms with van der Waals surface area (Å²) in [6.07, 6.45) is 0.493. The maximum atomic E-state index is 12.6. The lowest BCUT2D eigenvalue weighted by Crippen LogP contribution is -2.22. The number of fused-ring (bicyclic) bond motifs is 1. The molecule has 1 aliphatic rings. The minimum atomic E-state index is -1.21. The summed E-state index contributed by atoms with van der Waals surface area (Å²) in [5.41, 5.74) is -0.950. The van der Waals surface area contributed by atoms with Crippen LogP contribution in [0.3, 0.4) is 0 Å². The van der Waals surface area contributed by atoms with E-state index in [1.54, 1.807) is 6.92 Å². The zero-order chi connectivity index (χ0) is 21.8. The van der Waals surface area contributed by atoms with Crippen LogP contribution in [-0.2, 0) is 9.53 Å². The summed E-state index contributed by atoms with van der Waals surface area (Å²) in [5, 5.41) is 20.1. The van der Waals surface area contributed by atoms with Crippen LogP contribution in [-0.4, -0.2) is 54.1 Å². The Morgan fingerprint density at radius 2 is 2.00 bits per heavy atom. The molecule has 0 bridgehead atoms. The fraction of sp³-hybridized carbons (Fsp3) is 0.350. The molecule has 0 saturated heterocycles. The number of esters is 1. The van der Waals surface area contributed by atoms with E-state index in [0.29, 0.717) is 23.7 Å². The summed E-state index contributed by atoms with van der Waals surface area (Å²) >= 11 is 0. The predicted octanol–water partition coefficient (Wildman–Crippen LogP) is 1.64. The number of carboxylic acid groups (broad SMARTS) is 1. The maximum Gasteiger partial charge on any atom is 0.343 e. The zero-order valence-corrected chi connectivity index (χ0v) is 16.4. The van der Waals surface area contributed by atoms with Crippen LogP contribution in [0.25, 0.3) is 0 Å². The number of methoxy groups -OCH3 is 1. The quantitative estimate of drug-likeness (QED) is 0.570. The Hall–Kier alpha value is -3.69. The maximum absolute atomic E-state index is 12.6. The standard InChI is InChI=1S/C20H21NO9/c1-3-28-20(26)12-9-21-19(25)16(17(12)24)11(8-15(22)23)10-6-13(27-2)18-14(7-10)29-4-5-30-18/h6-7,9,11H,3-5,8H2,1-2H3,(H,22,23)(H2,21,24,25)/t11-/m1/s1. The van der Waals surface area contributed by atoms with E-state index >= 15 is 0 Å². The normalized spacial score (nSPS) is 13.4. The molecule has 1 atom stereocenters. The van der Waals surface area contributed by atoms with Gasteiger partial charge in [0.1, 0.15) is 24.5 Å². The second kappa shape index (κ2) is 8.76. The van der Waals surface area contributed by atoms with E-state index in [1.165, 1.54) is 19.2 Å². The number of ether oxygens (including phenoxy) is 4. The van der Waals surface area contributed by atoms with Gasteiger partial charge in [0.15, 0.2) is 11.5 Å². The van der Waals surface area contributed by atoms with Crippen LogP contribution in [0.2, 0.25) is 0 Å². The van der Waals surface area contributed by atoms with Crippen molar-refractivity contribution in [1.29, 1.82) is 0 Å². The van der Waals surface area contributed by atoms with Gasteiger partial charge in [-0.1, -0.05) is 0 Å². The van der Waals surface area contributed by atoms with Crippen LogP contribution in [0.15, 0.2) is 23.1 Å². The molecule has 1 aromatic carbocycles. The van der Waals surface area contributed by atoms with E-state index < -0.39 is 35.6 Å². The number of aliphatic carboxylic acids is 1. The van der Waals surface area contributed by atoms with Crippen LogP contribution < -0.4 is 19.8 Å². The number of hydrogen-bond donors (Lipinski definition) is 3. The number of hydrogen-bond acceptors (Lipinski definition) is 8. The van der Waals surface area contributed by atoms with Crippen LogP contribution in [0.4, 0.5) is 0 Å². The average molecular weight is 419 g/mol. The summed E-state index contributed by atoms with van der Waals surface area (Å²) in [5.74, 6) is -2.84. The number of benzene rings is 1. The number of carbonyl (C=O) groups excluding carboxylic acids is 1. The number of nitrogens with one attached hydrogen (secondary N) is 1. The predicted molar refractivity (Wildman–Crippen MR) is 103 cm³/mol. The van der Waals surface area contributed by atoms with Gasteiger partial charge in [-0.15, -0.1) is 0 Å². The van der Waals surface area contributed by atoms with Gasteiger partial charge in [-0.2, -0.15) is 0 Å². The lowest BCUT2D eigenvalue weighted by molar-refractivity contribution is -0.137. The van der Waals surface area contributed by atoms with Crippen molar-refractivity contribution in [2.45, 2.75) is 19.3 Å². The van der Waals surface area contributed by atoms with Gasteiger partial charge < -0.3 is 34.1 Å². The van der Waals surface area contributed by atoms with Gasteiger partial charge in [-0.05, 0) is 24.6 Å². The van der Waals surface area contributed by atoms with Crippen molar-refractivity contribution in [3.63, 3.8) is 0 Å². The number of H-pyrrole nitrogens is 1. The molecule has 0 aliphatic carbocycles. The topological polar surface area (TPSA) is 144 Å². The molecule has 10 nitrogen and oxygen atoms in total. The minimum Gasteiger partial charge on any atom is -0.506 e. The molecule has 10 heteroatoms. The van der Waals surface area contributed by atoms with Gasteiger partial charge in [0.05, 0.1) is 25.7 Å². The molecule has 0 amide bonds. The zero-order valence-electron chi connectivity index (χ0n) is 16.4. The average Bonchev–Trinajstić information content (AvgIpc) is 2.72. The van der Waals surface area contributed by atoms with E-state index in [0.717, 1.165) is 6.20 Å². The van der Waals surface area contributed by atoms with Crippen LogP contribution in [0, 0.1) is 0 Å². The van der Waals surface area contributed by atoms with Crippen molar-refractivity contribution in [2.24, 2.45) is 0 Å². The molecular weight excluding hydrogens is 398 g/mol. The third-order valence-electron chi connectivity index (χ3n) is 4.58. The lowest BCUT2D eigenvalue weighted by Gasteiger charge is -2.24. The Labute approximate surface area is 171 Å². The number of carboxylic acids is 1. The van der Waals surface area contributed by atoms with E-state index in [2.05, 4.69) is 4.98 Å². The number of rotatable bonds is 7. The number of pyridine rings is 1. The highest BCUT2D eigenvalue weighted by atomic mass is 16.6. The molecule has 0 saturated carbocycles. The fourth-order valence-electron chi connectivity index (χ4n) is 3.28. The molecule has 160 valence electrons. The number of aromatic amines is 1. The van der Waals surface area contributed by atoms with Crippen molar-refractivity contribution in [3.05, 3.63) is 45.4 Å². The van der Waals surface area contributed by atoms with Crippen molar-refractivity contribution in [2.75, 3.05) is 26.9 Å². The molecule has 1 aromatic heterocycles.